The summed E-state index contributed by atoms with van der Waals surface area (Å²) in [4.78, 5) is 11.5. The van der Waals surface area contributed by atoms with Crippen LogP contribution in [-0.4, -0.2) is 32.8 Å². The summed E-state index contributed by atoms with van der Waals surface area (Å²) >= 11 is 6.06. The van der Waals surface area contributed by atoms with Gasteiger partial charge in [-0.15, -0.1) is 0 Å². The first-order valence-corrected chi connectivity index (χ1v) is 8.43. The third-order valence-corrected chi connectivity index (χ3v) is 4.21. The summed E-state index contributed by atoms with van der Waals surface area (Å²) in [7, 11) is 1.89. The van der Waals surface area contributed by atoms with Gasteiger partial charge in [-0.05, 0) is 31.5 Å². The van der Waals surface area contributed by atoms with Crippen molar-refractivity contribution in [3.8, 4) is 0 Å². The molecule has 7 heteroatoms. The van der Waals surface area contributed by atoms with Gasteiger partial charge in [-0.2, -0.15) is 15.1 Å². The van der Waals surface area contributed by atoms with Crippen molar-refractivity contribution in [1.29, 1.82) is 0 Å². The van der Waals surface area contributed by atoms with Crippen molar-refractivity contribution < 1.29 is 0 Å². The molecule has 0 saturated heterocycles. The minimum atomic E-state index is 0.638. The summed E-state index contributed by atoms with van der Waals surface area (Å²) in [5, 5.41) is 9.35. The number of nitrogens with zero attached hydrogens (tertiary/aromatic N) is 5. The van der Waals surface area contributed by atoms with Crippen molar-refractivity contribution in [3.63, 3.8) is 0 Å². The fraction of sp³-hybridized carbons (Fsp3) is 0.353. The van der Waals surface area contributed by atoms with Gasteiger partial charge in [0.15, 0.2) is 5.65 Å². The highest BCUT2D eigenvalue weighted by Gasteiger charge is 2.14. The lowest BCUT2D eigenvalue weighted by Gasteiger charge is -2.19. The Kier molecular flexibility index (Phi) is 4.85. The van der Waals surface area contributed by atoms with Crippen LogP contribution >= 0.6 is 11.6 Å². The van der Waals surface area contributed by atoms with Gasteiger partial charge in [-0.25, -0.2) is 0 Å². The molecule has 0 amide bonds. The van der Waals surface area contributed by atoms with Crippen LogP contribution in [0.25, 0.3) is 11.0 Å². The maximum atomic E-state index is 6.06. The predicted octanol–water partition coefficient (Wildman–Crippen LogP) is 3.48. The lowest BCUT2D eigenvalue weighted by Crippen LogP contribution is -2.24. The standard InChI is InChI=1S/C17H21ClN6/c1-4-24(5-2)17-21-15(14-11-20-23(3)16(14)22-17)19-10-12-7-6-8-13(18)9-12/h6-9,11H,4-5,10H2,1-3H3,(H,19,21,22). The first kappa shape index (κ1) is 16.5. The Hall–Kier alpha value is -2.34. The summed E-state index contributed by atoms with van der Waals surface area (Å²) in [5.74, 6) is 1.50. The zero-order valence-corrected chi connectivity index (χ0v) is 14.9. The molecule has 0 saturated carbocycles. The van der Waals surface area contributed by atoms with Crippen molar-refractivity contribution in [2.24, 2.45) is 7.05 Å². The van der Waals surface area contributed by atoms with Crippen LogP contribution in [0.2, 0.25) is 5.02 Å². The van der Waals surface area contributed by atoms with Crippen LogP contribution in [0.15, 0.2) is 30.5 Å². The van der Waals surface area contributed by atoms with Crippen molar-refractivity contribution >= 4 is 34.4 Å². The second kappa shape index (κ2) is 7.05. The highest BCUT2D eigenvalue weighted by atomic mass is 35.5. The highest BCUT2D eigenvalue weighted by Crippen LogP contribution is 2.24. The van der Waals surface area contributed by atoms with Gasteiger partial charge in [0.25, 0.3) is 0 Å². The Morgan fingerprint density at radius 2 is 2.00 bits per heavy atom. The number of hydrogen-bond acceptors (Lipinski definition) is 5. The molecule has 0 aliphatic heterocycles. The molecular weight excluding hydrogens is 324 g/mol. The van der Waals surface area contributed by atoms with E-state index in [0.717, 1.165) is 40.5 Å². The summed E-state index contributed by atoms with van der Waals surface area (Å²) in [6.07, 6.45) is 1.79. The fourth-order valence-electron chi connectivity index (χ4n) is 2.63. The van der Waals surface area contributed by atoms with E-state index in [2.05, 4.69) is 34.1 Å². The Labute approximate surface area is 146 Å². The van der Waals surface area contributed by atoms with E-state index < -0.39 is 0 Å². The Balaban J connectivity index is 1.96. The minimum Gasteiger partial charge on any atom is -0.365 e. The lowest BCUT2D eigenvalue weighted by molar-refractivity contribution is 0.776. The van der Waals surface area contributed by atoms with E-state index in [4.69, 9.17) is 16.6 Å². The van der Waals surface area contributed by atoms with E-state index >= 15 is 0 Å². The van der Waals surface area contributed by atoms with Gasteiger partial charge in [-0.1, -0.05) is 23.7 Å². The van der Waals surface area contributed by atoms with E-state index in [1.54, 1.807) is 10.9 Å². The molecule has 0 fully saturated rings. The average Bonchev–Trinajstić information content (AvgIpc) is 2.95. The van der Waals surface area contributed by atoms with Gasteiger partial charge >= 0.3 is 0 Å². The predicted molar refractivity (Wildman–Crippen MR) is 98.6 cm³/mol. The van der Waals surface area contributed by atoms with Crippen molar-refractivity contribution in [3.05, 3.63) is 41.0 Å². The van der Waals surface area contributed by atoms with Gasteiger partial charge in [0, 0.05) is 31.7 Å². The van der Waals surface area contributed by atoms with Crippen LogP contribution < -0.4 is 10.2 Å². The summed E-state index contributed by atoms with van der Waals surface area (Å²) in [6, 6.07) is 7.79. The van der Waals surface area contributed by atoms with Crippen LogP contribution in [0.5, 0.6) is 0 Å². The molecule has 0 spiro atoms. The number of fused-ring (bicyclic) bond motifs is 1. The van der Waals surface area contributed by atoms with E-state index in [1.807, 2.05) is 31.3 Å². The summed E-state index contributed by atoms with van der Waals surface area (Å²) in [6.45, 7) is 6.54. The summed E-state index contributed by atoms with van der Waals surface area (Å²) < 4.78 is 1.77. The number of rotatable bonds is 6. The summed E-state index contributed by atoms with van der Waals surface area (Å²) in [5.41, 5.74) is 1.92. The number of aromatic nitrogens is 4. The second-order valence-electron chi connectivity index (χ2n) is 5.53. The van der Waals surface area contributed by atoms with E-state index in [9.17, 15) is 0 Å². The number of benzene rings is 1. The van der Waals surface area contributed by atoms with E-state index in [-0.39, 0.29) is 0 Å². The van der Waals surface area contributed by atoms with Crippen LogP contribution in [0, 0.1) is 0 Å². The molecule has 2 aromatic heterocycles. The van der Waals surface area contributed by atoms with Gasteiger partial charge in [-0.3, -0.25) is 4.68 Å². The lowest BCUT2D eigenvalue weighted by atomic mass is 10.2. The zero-order chi connectivity index (χ0) is 17.1. The molecule has 3 rings (SSSR count). The SMILES string of the molecule is CCN(CC)c1nc(NCc2cccc(Cl)c2)c2cnn(C)c2n1. The molecular formula is C17H21ClN6. The molecule has 1 N–H and O–H groups in total. The fourth-order valence-corrected chi connectivity index (χ4v) is 2.84. The van der Waals surface area contributed by atoms with Gasteiger partial charge in [0.1, 0.15) is 5.82 Å². The molecule has 3 aromatic rings. The van der Waals surface area contributed by atoms with Gasteiger partial charge in [0.2, 0.25) is 5.95 Å². The molecule has 0 bridgehead atoms. The van der Waals surface area contributed by atoms with Gasteiger partial charge in [0.05, 0.1) is 11.6 Å². The molecule has 0 aliphatic rings. The molecule has 0 radical (unpaired) electrons. The van der Waals surface area contributed by atoms with Crippen LogP contribution in [-0.2, 0) is 13.6 Å². The average molecular weight is 345 g/mol. The first-order chi connectivity index (χ1) is 11.6. The highest BCUT2D eigenvalue weighted by molar-refractivity contribution is 6.30. The third kappa shape index (κ3) is 3.28. The molecule has 1 aromatic carbocycles. The maximum Gasteiger partial charge on any atom is 0.229 e. The Morgan fingerprint density at radius 1 is 1.21 bits per heavy atom. The number of nitrogens with one attached hydrogen (secondary N) is 1. The number of anilines is 2. The van der Waals surface area contributed by atoms with Crippen molar-refractivity contribution in [2.45, 2.75) is 20.4 Å². The minimum absolute atomic E-state index is 0.638. The zero-order valence-electron chi connectivity index (χ0n) is 14.1. The quantitative estimate of drug-likeness (QED) is 0.742. The van der Waals surface area contributed by atoms with Gasteiger partial charge < -0.3 is 10.2 Å². The number of aryl methyl sites for hydroxylation is 1. The van der Waals surface area contributed by atoms with E-state index in [0.29, 0.717) is 12.5 Å². The number of halogens is 1. The van der Waals surface area contributed by atoms with Crippen LogP contribution in [0.3, 0.4) is 0 Å². The first-order valence-electron chi connectivity index (χ1n) is 8.05. The maximum absolute atomic E-state index is 6.06. The largest absolute Gasteiger partial charge is 0.365 e. The Bertz CT molecular complexity index is 840. The van der Waals surface area contributed by atoms with Crippen molar-refractivity contribution in [2.75, 3.05) is 23.3 Å². The molecule has 126 valence electrons. The van der Waals surface area contributed by atoms with E-state index in [1.165, 1.54) is 0 Å². The monoisotopic (exact) mass is 344 g/mol. The normalized spacial score (nSPS) is 11.0. The molecule has 2 heterocycles. The third-order valence-electron chi connectivity index (χ3n) is 3.98. The van der Waals surface area contributed by atoms with Crippen molar-refractivity contribution in [1.82, 2.24) is 19.7 Å². The van der Waals surface area contributed by atoms with Crippen LogP contribution in [0.4, 0.5) is 11.8 Å². The Morgan fingerprint density at radius 3 is 2.71 bits per heavy atom. The molecule has 6 nitrogen and oxygen atoms in total. The topological polar surface area (TPSA) is 58.9 Å². The molecule has 24 heavy (non-hydrogen) atoms. The second-order valence-corrected chi connectivity index (χ2v) is 5.97. The molecule has 0 unspecified atom stereocenters. The molecule has 0 atom stereocenters. The smallest absolute Gasteiger partial charge is 0.229 e. The molecule has 0 aliphatic carbocycles. The van der Waals surface area contributed by atoms with Crippen LogP contribution in [0.1, 0.15) is 19.4 Å². The number of hydrogen-bond donors (Lipinski definition) is 1.